The number of rotatable bonds is 5. The number of benzene rings is 2. The number of thiazole rings is 1. The molecule has 0 atom stereocenters. The van der Waals surface area contributed by atoms with Gasteiger partial charge < -0.3 is 9.30 Å². The van der Waals surface area contributed by atoms with E-state index in [0.29, 0.717) is 10.2 Å². The van der Waals surface area contributed by atoms with Crippen LogP contribution in [0.5, 0.6) is 0 Å². The van der Waals surface area contributed by atoms with Crippen LogP contribution >= 0.6 is 22.9 Å². The summed E-state index contributed by atoms with van der Waals surface area (Å²) >= 11 is 6.98. The molecule has 2 aromatic carbocycles. The minimum Gasteiger partial charge on any atom is -0.465 e. The SMILES string of the molecule is CCOC(=O)Cn1c(=NC(=O)c2cc([N+](=O)[O-])ccc2Cl)sc2cc(F)ccc21. The van der Waals surface area contributed by atoms with E-state index in [1.165, 1.54) is 34.9 Å². The van der Waals surface area contributed by atoms with Gasteiger partial charge in [-0.1, -0.05) is 22.9 Å². The molecular formula is C18H13ClFN3O5S. The van der Waals surface area contributed by atoms with Gasteiger partial charge >= 0.3 is 5.97 Å². The Bertz CT molecular complexity index is 1200. The zero-order chi connectivity index (χ0) is 21.1. The number of amides is 1. The molecule has 0 bridgehead atoms. The minimum absolute atomic E-state index is 0.00607. The van der Waals surface area contributed by atoms with Gasteiger partial charge in [-0.05, 0) is 31.2 Å². The first-order valence-electron chi connectivity index (χ1n) is 8.27. The van der Waals surface area contributed by atoms with Gasteiger partial charge in [0, 0.05) is 12.1 Å². The van der Waals surface area contributed by atoms with Gasteiger partial charge in [-0.3, -0.25) is 19.7 Å². The summed E-state index contributed by atoms with van der Waals surface area (Å²) in [5.41, 5.74) is 0.0130. The Kier molecular flexibility index (Phi) is 6.04. The predicted molar refractivity (Wildman–Crippen MR) is 104 cm³/mol. The van der Waals surface area contributed by atoms with E-state index in [1.54, 1.807) is 6.92 Å². The molecule has 0 spiro atoms. The lowest BCUT2D eigenvalue weighted by Gasteiger charge is -2.05. The van der Waals surface area contributed by atoms with Gasteiger partial charge in [0.05, 0.1) is 32.3 Å². The Labute approximate surface area is 172 Å². The molecule has 0 saturated carbocycles. The van der Waals surface area contributed by atoms with Crippen molar-refractivity contribution in [2.45, 2.75) is 13.5 Å². The number of non-ortho nitro benzene ring substituents is 1. The van der Waals surface area contributed by atoms with E-state index >= 15 is 0 Å². The van der Waals surface area contributed by atoms with Crippen molar-refractivity contribution in [2.75, 3.05) is 6.61 Å². The van der Waals surface area contributed by atoms with Crippen LogP contribution in [0.25, 0.3) is 10.2 Å². The topological polar surface area (TPSA) is 104 Å². The van der Waals surface area contributed by atoms with Crippen LogP contribution < -0.4 is 4.80 Å². The standard InChI is InChI=1S/C18H13ClFN3O5S/c1-2-28-16(24)9-22-14-6-3-10(20)7-15(14)29-18(22)21-17(25)12-8-11(23(26)27)4-5-13(12)19/h3-8H,2,9H2,1H3. The van der Waals surface area contributed by atoms with Gasteiger partial charge in [0.15, 0.2) is 4.80 Å². The number of nitro groups is 1. The number of aromatic nitrogens is 1. The van der Waals surface area contributed by atoms with Gasteiger partial charge in [0.1, 0.15) is 12.4 Å². The van der Waals surface area contributed by atoms with E-state index in [0.717, 1.165) is 17.4 Å². The average molecular weight is 438 g/mol. The Balaban J connectivity index is 2.14. The molecule has 1 amide bonds. The molecule has 29 heavy (non-hydrogen) atoms. The number of nitrogens with zero attached hydrogens (tertiary/aromatic N) is 3. The highest BCUT2D eigenvalue weighted by Crippen LogP contribution is 2.23. The molecular weight excluding hydrogens is 425 g/mol. The quantitative estimate of drug-likeness (QED) is 0.344. The van der Waals surface area contributed by atoms with Crippen molar-refractivity contribution in [3.8, 4) is 0 Å². The largest absolute Gasteiger partial charge is 0.465 e. The first-order chi connectivity index (χ1) is 13.8. The zero-order valence-electron chi connectivity index (χ0n) is 14.9. The number of hydrogen-bond acceptors (Lipinski definition) is 6. The first kappa shape index (κ1) is 20.6. The molecule has 3 aromatic rings. The lowest BCUT2D eigenvalue weighted by molar-refractivity contribution is -0.384. The van der Waals surface area contributed by atoms with Crippen LogP contribution in [0.2, 0.25) is 5.02 Å². The number of carbonyl (C=O) groups is 2. The van der Waals surface area contributed by atoms with Crippen molar-refractivity contribution in [2.24, 2.45) is 4.99 Å². The van der Waals surface area contributed by atoms with Crippen molar-refractivity contribution in [1.29, 1.82) is 0 Å². The Morgan fingerprint density at radius 2 is 2.07 bits per heavy atom. The Morgan fingerprint density at radius 1 is 1.31 bits per heavy atom. The second-order valence-corrected chi connectivity index (χ2v) is 7.14. The Morgan fingerprint density at radius 3 is 2.76 bits per heavy atom. The maximum absolute atomic E-state index is 13.6. The normalized spacial score (nSPS) is 11.6. The summed E-state index contributed by atoms with van der Waals surface area (Å²) in [6.07, 6.45) is 0. The molecule has 0 aliphatic heterocycles. The van der Waals surface area contributed by atoms with E-state index in [9.17, 15) is 24.1 Å². The monoisotopic (exact) mass is 437 g/mol. The number of fused-ring (bicyclic) bond motifs is 1. The summed E-state index contributed by atoms with van der Waals surface area (Å²) < 4.78 is 20.4. The van der Waals surface area contributed by atoms with Crippen molar-refractivity contribution in [3.63, 3.8) is 0 Å². The summed E-state index contributed by atoms with van der Waals surface area (Å²) in [6.45, 7) is 1.59. The van der Waals surface area contributed by atoms with Crippen LogP contribution in [0.1, 0.15) is 17.3 Å². The molecule has 1 heterocycles. The van der Waals surface area contributed by atoms with E-state index in [-0.39, 0.29) is 34.2 Å². The number of halogens is 2. The van der Waals surface area contributed by atoms with E-state index < -0.39 is 22.6 Å². The second-order valence-electron chi connectivity index (χ2n) is 5.73. The third-order valence-corrected chi connectivity index (χ3v) is 5.20. The van der Waals surface area contributed by atoms with Gasteiger partial charge in [-0.15, -0.1) is 0 Å². The number of ether oxygens (including phenoxy) is 1. The lowest BCUT2D eigenvalue weighted by Crippen LogP contribution is -2.23. The van der Waals surface area contributed by atoms with Crippen LogP contribution in [0, 0.1) is 15.9 Å². The molecule has 0 fully saturated rings. The number of esters is 1. The number of nitro benzene ring substituents is 1. The molecule has 0 aliphatic carbocycles. The van der Waals surface area contributed by atoms with Crippen LogP contribution in [0.3, 0.4) is 0 Å². The van der Waals surface area contributed by atoms with Crippen LogP contribution in [-0.4, -0.2) is 28.0 Å². The summed E-state index contributed by atoms with van der Waals surface area (Å²) in [7, 11) is 0. The van der Waals surface area contributed by atoms with Crippen LogP contribution in [0.15, 0.2) is 41.4 Å². The molecule has 150 valence electrons. The summed E-state index contributed by atoms with van der Waals surface area (Å²) in [5, 5.41) is 11.0. The zero-order valence-corrected chi connectivity index (χ0v) is 16.5. The maximum atomic E-state index is 13.6. The number of carbonyl (C=O) groups excluding carboxylic acids is 2. The first-order valence-corrected chi connectivity index (χ1v) is 9.47. The molecule has 0 radical (unpaired) electrons. The average Bonchev–Trinajstić information content (AvgIpc) is 2.98. The van der Waals surface area contributed by atoms with Gasteiger partial charge in [0.25, 0.3) is 11.6 Å². The van der Waals surface area contributed by atoms with Crippen molar-refractivity contribution in [3.05, 3.63) is 67.7 Å². The molecule has 1 aromatic heterocycles. The van der Waals surface area contributed by atoms with Gasteiger partial charge in [-0.2, -0.15) is 4.99 Å². The molecule has 0 saturated heterocycles. The predicted octanol–water partition coefficient (Wildman–Crippen LogP) is 3.71. The fraction of sp³-hybridized carbons (Fsp3) is 0.167. The highest BCUT2D eigenvalue weighted by Gasteiger charge is 2.17. The molecule has 8 nitrogen and oxygen atoms in total. The van der Waals surface area contributed by atoms with Crippen molar-refractivity contribution < 1.29 is 23.6 Å². The summed E-state index contributed by atoms with van der Waals surface area (Å²) in [6, 6.07) is 7.37. The summed E-state index contributed by atoms with van der Waals surface area (Å²) in [5.74, 6) is -1.87. The van der Waals surface area contributed by atoms with E-state index in [4.69, 9.17) is 16.3 Å². The highest BCUT2D eigenvalue weighted by atomic mass is 35.5. The number of hydrogen-bond donors (Lipinski definition) is 0. The molecule has 3 rings (SSSR count). The smallest absolute Gasteiger partial charge is 0.326 e. The maximum Gasteiger partial charge on any atom is 0.326 e. The van der Waals surface area contributed by atoms with Crippen molar-refractivity contribution in [1.82, 2.24) is 4.57 Å². The third kappa shape index (κ3) is 4.49. The van der Waals surface area contributed by atoms with E-state index in [1.807, 2.05) is 0 Å². The fourth-order valence-electron chi connectivity index (χ4n) is 2.56. The minimum atomic E-state index is -0.830. The molecule has 0 unspecified atom stereocenters. The molecule has 11 heteroatoms. The van der Waals surface area contributed by atoms with Gasteiger partial charge in [-0.25, -0.2) is 4.39 Å². The molecule has 0 N–H and O–H groups in total. The lowest BCUT2D eigenvalue weighted by atomic mass is 10.2. The second kappa shape index (κ2) is 8.50. The Hall–Kier alpha value is -3.11. The summed E-state index contributed by atoms with van der Waals surface area (Å²) in [4.78, 5) is 39.0. The van der Waals surface area contributed by atoms with E-state index in [2.05, 4.69) is 4.99 Å². The third-order valence-electron chi connectivity index (χ3n) is 3.83. The van der Waals surface area contributed by atoms with Crippen LogP contribution in [-0.2, 0) is 16.1 Å². The van der Waals surface area contributed by atoms with Crippen molar-refractivity contribution >= 4 is 50.7 Å². The van der Waals surface area contributed by atoms with Gasteiger partial charge in [0.2, 0.25) is 0 Å². The fourth-order valence-corrected chi connectivity index (χ4v) is 3.81. The molecule has 0 aliphatic rings. The van der Waals surface area contributed by atoms with Crippen LogP contribution in [0.4, 0.5) is 10.1 Å². The highest BCUT2D eigenvalue weighted by molar-refractivity contribution is 7.16.